The number of ether oxygens (including phenoxy) is 1. The van der Waals surface area contributed by atoms with Gasteiger partial charge in [-0.15, -0.1) is 0 Å². The first-order valence-corrected chi connectivity index (χ1v) is 9.26. The van der Waals surface area contributed by atoms with Crippen molar-refractivity contribution in [1.82, 2.24) is 14.9 Å². The fourth-order valence-electron chi connectivity index (χ4n) is 2.84. The molecule has 0 saturated carbocycles. The summed E-state index contributed by atoms with van der Waals surface area (Å²) in [5.74, 6) is -1.28. The van der Waals surface area contributed by atoms with E-state index in [1.54, 1.807) is 79.6 Å². The van der Waals surface area contributed by atoms with Crippen molar-refractivity contribution in [3.05, 3.63) is 78.6 Å². The maximum Gasteiger partial charge on any atom is 0.330 e. The number of carbonyl (C=O) groups excluding carboxylic acids is 2. The molecule has 0 unspecified atom stereocenters. The number of esters is 1. The van der Waals surface area contributed by atoms with E-state index in [2.05, 4.69) is 10.3 Å². The first kappa shape index (κ1) is 20.3. The standard InChI is InChI=1S/C22H22FN3O3/c1-15(2)29-22(28)20(13-26-12-11-24-14-26)25-21(27)17-9-7-16(8-10-17)18-5-3-4-6-19(18)23/h3-12,14-15,20H,13H2,1-2H3,(H,25,27)/t20-/m0/s1. The zero-order valence-electron chi connectivity index (χ0n) is 16.2. The average molecular weight is 395 g/mol. The van der Waals surface area contributed by atoms with Crippen LogP contribution in [0.1, 0.15) is 24.2 Å². The van der Waals surface area contributed by atoms with E-state index in [4.69, 9.17) is 4.74 Å². The number of halogens is 1. The fraction of sp³-hybridized carbons (Fsp3) is 0.227. The molecule has 6 nitrogen and oxygen atoms in total. The summed E-state index contributed by atoms with van der Waals surface area (Å²) in [7, 11) is 0. The first-order chi connectivity index (χ1) is 13.9. The zero-order valence-corrected chi connectivity index (χ0v) is 16.2. The molecule has 3 rings (SSSR count). The second-order valence-electron chi connectivity index (χ2n) is 6.83. The van der Waals surface area contributed by atoms with Gasteiger partial charge in [0.25, 0.3) is 5.91 Å². The molecule has 1 N–H and O–H groups in total. The molecule has 29 heavy (non-hydrogen) atoms. The molecule has 0 bridgehead atoms. The lowest BCUT2D eigenvalue weighted by Gasteiger charge is -2.19. The highest BCUT2D eigenvalue weighted by molar-refractivity contribution is 5.97. The van der Waals surface area contributed by atoms with Gasteiger partial charge in [-0.3, -0.25) is 4.79 Å². The average Bonchev–Trinajstić information content (AvgIpc) is 3.20. The smallest absolute Gasteiger partial charge is 0.330 e. The van der Waals surface area contributed by atoms with Crippen molar-refractivity contribution in [2.45, 2.75) is 32.5 Å². The Balaban J connectivity index is 1.74. The maximum atomic E-state index is 13.9. The maximum absolute atomic E-state index is 13.9. The number of benzene rings is 2. The van der Waals surface area contributed by atoms with Crippen molar-refractivity contribution < 1.29 is 18.7 Å². The van der Waals surface area contributed by atoms with Crippen LogP contribution in [0, 0.1) is 5.82 Å². The largest absolute Gasteiger partial charge is 0.461 e. The van der Waals surface area contributed by atoms with Crippen LogP contribution in [0.4, 0.5) is 4.39 Å². The predicted octanol–water partition coefficient (Wildman–Crippen LogP) is 3.44. The number of amides is 1. The van der Waals surface area contributed by atoms with Crippen LogP contribution in [0.5, 0.6) is 0 Å². The van der Waals surface area contributed by atoms with Crippen LogP contribution >= 0.6 is 0 Å². The third-order valence-electron chi connectivity index (χ3n) is 4.23. The summed E-state index contributed by atoms with van der Waals surface area (Å²) < 4.78 is 20.9. The molecule has 0 aliphatic rings. The summed E-state index contributed by atoms with van der Waals surface area (Å²) in [4.78, 5) is 29.0. The highest BCUT2D eigenvalue weighted by Crippen LogP contribution is 2.22. The zero-order chi connectivity index (χ0) is 20.8. The van der Waals surface area contributed by atoms with Gasteiger partial charge in [0, 0.05) is 23.5 Å². The van der Waals surface area contributed by atoms with Crippen LogP contribution < -0.4 is 5.32 Å². The number of carbonyl (C=O) groups is 2. The van der Waals surface area contributed by atoms with Crippen LogP contribution in [0.3, 0.4) is 0 Å². The van der Waals surface area contributed by atoms with Crippen molar-refractivity contribution in [2.75, 3.05) is 0 Å². The molecule has 0 radical (unpaired) electrons. The topological polar surface area (TPSA) is 73.2 Å². The van der Waals surface area contributed by atoms with E-state index in [0.29, 0.717) is 16.7 Å². The lowest BCUT2D eigenvalue weighted by molar-refractivity contribution is -0.150. The van der Waals surface area contributed by atoms with Crippen molar-refractivity contribution in [3.8, 4) is 11.1 Å². The molecule has 1 aromatic heterocycles. The summed E-state index contributed by atoms with van der Waals surface area (Å²) in [5.41, 5.74) is 1.48. The Morgan fingerprint density at radius 1 is 1.14 bits per heavy atom. The first-order valence-electron chi connectivity index (χ1n) is 9.26. The molecule has 7 heteroatoms. The third kappa shape index (κ3) is 5.28. The minimum Gasteiger partial charge on any atom is -0.461 e. The van der Waals surface area contributed by atoms with Gasteiger partial charge in [-0.05, 0) is 37.6 Å². The van der Waals surface area contributed by atoms with Gasteiger partial charge in [0.1, 0.15) is 11.9 Å². The molecule has 2 aromatic carbocycles. The Morgan fingerprint density at radius 2 is 1.86 bits per heavy atom. The molecular formula is C22H22FN3O3. The third-order valence-corrected chi connectivity index (χ3v) is 4.23. The van der Waals surface area contributed by atoms with E-state index >= 15 is 0 Å². The number of rotatable bonds is 7. The van der Waals surface area contributed by atoms with E-state index in [1.807, 2.05) is 0 Å². The van der Waals surface area contributed by atoms with Crippen molar-refractivity contribution >= 4 is 11.9 Å². The number of hydrogen-bond donors (Lipinski definition) is 1. The van der Waals surface area contributed by atoms with E-state index in [9.17, 15) is 14.0 Å². The monoisotopic (exact) mass is 395 g/mol. The van der Waals surface area contributed by atoms with Crippen LogP contribution in [0.25, 0.3) is 11.1 Å². The van der Waals surface area contributed by atoms with E-state index in [-0.39, 0.29) is 18.5 Å². The fourth-order valence-corrected chi connectivity index (χ4v) is 2.84. The molecular weight excluding hydrogens is 373 g/mol. The Bertz CT molecular complexity index is 969. The minimum absolute atomic E-state index is 0.199. The molecule has 3 aromatic rings. The molecule has 150 valence electrons. The second kappa shape index (κ2) is 9.14. The number of nitrogens with one attached hydrogen (secondary N) is 1. The number of hydrogen-bond acceptors (Lipinski definition) is 4. The van der Waals surface area contributed by atoms with Gasteiger partial charge >= 0.3 is 5.97 Å². The molecule has 0 spiro atoms. The van der Waals surface area contributed by atoms with E-state index in [0.717, 1.165) is 0 Å². The molecule has 0 saturated heterocycles. The van der Waals surface area contributed by atoms with Gasteiger partial charge in [0.15, 0.2) is 0 Å². The Morgan fingerprint density at radius 3 is 2.48 bits per heavy atom. The molecule has 0 aliphatic carbocycles. The SMILES string of the molecule is CC(C)OC(=O)[C@H](Cn1ccnc1)NC(=O)c1ccc(-c2ccccc2F)cc1. The van der Waals surface area contributed by atoms with Gasteiger partial charge in [-0.2, -0.15) is 0 Å². The van der Waals surface area contributed by atoms with Gasteiger partial charge in [0.05, 0.1) is 19.0 Å². The molecule has 1 amide bonds. The minimum atomic E-state index is -0.870. The van der Waals surface area contributed by atoms with Gasteiger partial charge in [-0.25, -0.2) is 14.2 Å². The lowest BCUT2D eigenvalue weighted by Crippen LogP contribution is -2.45. The number of aromatic nitrogens is 2. The summed E-state index contributed by atoms with van der Waals surface area (Å²) in [6.45, 7) is 3.69. The summed E-state index contributed by atoms with van der Waals surface area (Å²) in [6.07, 6.45) is 4.55. The van der Waals surface area contributed by atoms with Gasteiger partial charge < -0.3 is 14.6 Å². The Hall–Kier alpha value is -3.48. The highest BCUT2D eigenvalue weighted by Gasteiger charge is 2.24. The summed E-state index contributed by atoms with van der Waals surface area (Å²) in [5, 5.41) is 2.71. The molecule has 1 atom stereocenters. The Kier molecular flexibility index (Phi) is 6.39. The predicted molar refractivity (Wildman–Crippen MR) is 107 cm³/mol. The normalized spacial score (nSPS) is 11.9. The van der Waals surface area contributed by atoms with Crippen LogP contribution in [0.2, 0.25) is 0 Å². The molecule has 0 aliphatic heterocycles. The van der Waals surface area contributed by atoms with Crippen LogP contribution in [0.15, 0.2) is 67.3 Å². The van der Waals surface area contributed by atoms with E-state index < -0.39 is 17.9 Å². The summed E-state index contributed by atoms with van der Waals surface area (Å²) in [6, 6.07) is 12.1. The number of imidazole rings is 1. The second-order valence-corrected chi connectivity index (χ2v) is 6.83. The van der Waals surface area contributed by atoms with E-state index in [1.165, 1.54) is 6.07 Å². The Labute approximate surface area is 168 Å². The van der Waals surface area contributed by atoms with Crippen molar-refractivity contribution in [3.63, 3.8) is 0 Å². The molecule has 0 fully saturated rings. The quantitative estimate of drug-likeness (QED) is 0.622. The number of nitrogens with zero attached hydrogens (tertiary/aromatic N) is 2. The van der Waals surface area contributed by atoms with Crippen LogP contribution in [-0.2, 0) is 16.1 Å². The van der Waals surface area contributed by atoms with Gasteiger partial charge in [0.2, 0.25) is 0 Å². The highest BCUT2D eigenvalue weighted by atomic mass is 19.1. The van der Waals surface area contributed by atoms with Crippen molar-refractivity contribution in [1.29, 1.82) is 0 Å². The van der Waals surface area contributed by atoms with Gasteiger partial charge in [-0.1, -0.05) is 30.3 Å². The summed E-state index contributed by atoms with van der Waals surface area (Å²) >= 11 is 0. The lowest BCUT2D eigenvalue weighted by atomic mass is 10.0. The van der Waals surface area contributed by atoms with Crippen LogP contribution in [-0.4, -0.2) is 33.6 Å². The molecule has 1 heterocycles. The van der Waals surface area contributed by atoms with Crippen molar-refractivity contribution in [2.24, 2.45) is 0 Å².